The second kappa shape index (κ2) is 6.36. The van der Waals surface area contributed by atoms with Crippen molar-refractivity contribution in [1.82, 2.24) is 15.0 Å². The molecule has 0 bridgehead atoms. The molecule has 0 spiro atoms. The predicted octanol–water partition coefficient (Wildman–Crippen LogP) is 3.98. The Bertz CT molecular complexity index is 870. The molecule has 0 aromatic carbocycles. The van der Waals surface area contributed by atoms with Crippen LogP contribution in [0.2, 0.25) is 0 Å². The van der Waals surface area contributed by atoms with Crippen LogP contribution in [0.1, 0.15) is 18.0 Å². The Balaban J connectivity index is 1.42. The highest BCUT2D eigenvalue weighted by Crippen LogP contribution is 2.47. The van der Waals surface area contributed by atoms with Crippen molar-refractivity contribution in [2.75, 3.05) is 13.7 Å². The van der Waals surface area contributed by atoms with Crippen LogP contribution in [-0.2, 0) is 0 Å². The standard InChI is InChI=1S/C18H16BrN3O2/c1-23-12-4-5-15(21-9-12)13-7-11(13)10-24-18-14(19)8-17-16(22-18)3-2-6-20-17/h2-6,8-9,11,13H,7,10H2,1H3/t11-,13?/m1/s1. The molecule has 24 heavy (non-hydrogen) atoms. The average Bonchev–Trinajstić information content (AvgIpc) is 3.39. The summed E-state index contributed by atoms with van der Waals surface area (Å²) in [6.45, 7) is 0.635. The molecule has 1 aliphatic rings. The van der Waals surface area contributed by atoms with Gasteiger partial charge in [-0.25, -0.2) is 4.98 Å². The summed E-state index contributed by atoms with van der Waals surface area (Å²) in [5.74, 6) is 2.33. The molecule has 1 unspecified atom stereocenters. The third-order valence-corrected chi connectivity index (χ3v) is 4.81. The van der Waals surface area contributed by atoms with Gasteiger partial charge in [-0.2, -0.15) is 0 Å². The molecule has 0 radical (unpaired) electrons. The molecule has 3 heterocycles. The van der Waals surface area contributed by atoms with Gasteiger partial charge < -0.3 is 9.47 Å². The van der Waals surface area contributed by atoms with Crippen LogP contribution in [-0.4, -0.2) is 28.7 Å². The van der Waals surface area contributed by atoms with E-state index in [1.165, 1.54) is 0 Å². The number of nitrogens with zero attached hydrogens (tertiary/aromatic N) is 3. The first-order valence-corrected chi connectivity index (χ1v) is 8.58. The summed E-state index contributed by atoms with van der Waals surface area (Å²) in [4.78, 5) is 13.3. The Morgan fingerprint density at radius 1 is 1.21 bits per heavy atom. The van der Waals surface area contributed by atoms with Crippen molar-refractivity contribution in [2.45, 2.75) is 12.3 Å². The third-order valence-electron chi connectivity index (χ3n) is 4.24. The summed E-state index contributed by atoms with van der Waals surface area (Å²) in [6.07, 6.45) is 4.61. The largest absolute Gasteiger partial charge is 0.495 e. The quantitative estimate of drug-likeness (QED) is 0.664. The summed E-state index contributed by atoms with van der Waals surface area (Å²) < 4.78 is 11.9. The lowest BCUT2D eigenvalue weighted by Crippen LogP contribution is -2.04. The van der Waals surface area contributed by atoms with Crippen LogP contribution >= 0.6 is 15.9 Å². The van der Waals surface area contributed by atoms with Crippen LogP contribution < -0.4 is 9.47 Å². The monoisotopic (exact) mass is 385 g/mol. The molecule has 0 N–H and O–H groups in total. The van der Waals surface area contributed by atoms with Crippen molar-refractivity contribution in [3.05, 3.63) is 52.9 Å². The zero-order valence-corrected chi connectivity index (χ0v) is 14.7. The van der Waals surface area contributed by atoms with E-state index in [1.54, 1.807) is 19.5 Å². The lowest BCUT2D eigenvalue weighted by Gasteiger charge is -2.08. The highest BCUT2D eigenvalue weighted by Gasteiger charge is 2.40. The van der Waals surface area contributed by atoms with Gasteiger partial charge in [0.05, 0.1) is 35.4 Å². The first-order valence-electron chi connectivity index (χ1n) is 7.78. The minimum absolute atomic E-state index is 0.455. The van der Waals surface area contributed by atoms with Crippen molar-refractivity contribution in [3.8, 4) is 11.6 Å². The lowest BCUT2D eigenvalue weighted by atomic mass is 10.2. The molecular weight excluding hydrogens is 370 g/mol. The van der Waals surface area contributed by atoms with Gasteiger partial charge >= 0.3 is 0 Å². The van der Waals surface area contributed by atoms with E-state index in [9.17, 15) is 0 Å². The molecule has 0 aliphatic heterocycles. The van der Waals surface area contributed by atoms with Gasteiger partial charge in [0.15, 0.2) is 0 Å². The van der Waals surface area contributed by atoms with E-state index in [2.05, 4.69) is 30.9 Å². The summed E-state index contributed by atoms with van der Waals surface area (Å²) in [7, 11) is 1.65. The van der Waals surface area contributed by atoms with Crippen LogP contribution in [0.15, 0.2) is 47.2 Å². The molecule has 1 fully saturated rings. The maximum atomic E-state index is 5.93. The second-order valence-corrected chi connectivity index (χ2v) is 6.71. The fraction of sp³-hybridized carbons (Fsp3) is 0.278. The SMILES string of the molecule is COc1ccc(C2C[C@@H]2COc2nc3cccnc3cc2Br)nc1. The van der Waals surface area contributed by atoms with Crippen LogP contribution in [0.25, 0.3) is 11.0 Å². The minimum Gasteiger partial charge on any atom is -0.495 e. The highest BCUT2D eigenvalue weighted by molar-refractivity contribution is 9.10. The van der Waals surface area contributed by atoms with Crippen molar-refractivity contribution < 1.29 is 9.47 Å². The Morgan fingerprint density at radius 3 is 2.92 bits per heavy atom. The number of ether oxygens (including phenoxy) is 2. The van der Waals surface area contributed by atoms with E-state index < -0.39 is 0 Å². The lowest BCUT2D eigenvalue weighted by molar-refractivity contribution is 0.284. The van der Waals surface area contributed by atoms with E-state index in [-0.39, 0.29) is 0 Å². The van der Waals surface area contributed by atoms with Crippen LogP contribution in [0, 0.1) is 5.92 Å². The molecule has 1 aliphatic carbocycles. The first kappa shape index (κ1) is 15.3. The molecule has 122 valence electrons. The minimum atomic E-state index is 0.455. The number of aromatic nitrogens is 3. The van der Waals surface area contributed by atoms with Crippen molar-refractivity contribution in [3.63, 3.8) is 0 Å². The molecule has 1 saturated carbocycles. The van der Waals surface area contributed by atoms with Gasteiger partial charge in [0.2, 0.25) is 5.88 Å². The average molecular weight is 386 g/mol. The second-order valence-electron chi connectivity index (χ2n) is 5.85. The maximum absolute atomic E-state index is 5.93. The molecule has 4 rings (SSSR count). The molecule has 6 heteroatoms. The van der Waals surface area contributed by atoms with Crippen molar-refractivity contribution in [2.24, 2.45) is 5.92 Å². The molecule has 5 nitrogen and oxygen atoms in total. The number of hydrogen-bond donors (Lipinski definition) is 0. The number of fused-ring (bicyclic) bond motifs is 1. The number of hydrogen-bond acceptors (Lipinski definition) is 5. The van der Waals surface area contributed by atoms with Gasteiger partial charge in [-0.1, -0.05) is 0 Å². The summed E-state index contributed by atoms with van der Waals surface area (Å²) in [6, 6.07) is 9.72. The number of rotatable bonds is 5. The van der Waals surface area contributed by atoms with E-state index in [4.69, 9.17) is 9.47 Å². The Hall–Kier alpha value is -2.21. The zero-order chi connectivity index (χ0) is 16.5. The summed E-state index contributed by atoms with van der Waals surface area (Å²) >= 11 is 3.51. The van der Waals surface area contributed by atoms with Gasteiger partial charge in [0.25, 0.3) is 0 Å². The van der Waals surface area contributed by atoms with E-state index in [0.29, 0.717) is 24.3 Å². The topological polar surface area (TPSA) is 57.1 Å². The Labute approximate surface area is 148 Å². The normalized spacial score (nSPS) is 19.2. The Morgan fingerprint density at radius 2 is 2.12 bits per heavy atom. The smallest absolute Gasteiger partial charge is 0.228 e. The number of methoxy groups -OCH3 is 1. The summed E-state index contributed by atoms with van der Waals surface area (Å²) in [5, 5.41) is 0. The van der Waals surface area contributed by atoms with Crippen molar-refractivity contribution in [1.29, 1.82) is 0 Å². The van der Waals surface area contributed by atoms with Gasteiger partial charge in [0.1, 0.15) is 5.75 Å². The maximum Gasteiger partial charge on any atom is 0.228 e. The molecule has 0 amide bonds. The number of halogens is 1. The fourth-order valence-electron chi connectivity index (χ4n) is 2.77. The zero-order valence-electron chi connectivity index (χ0n) is 13.1. The van der Waals surface area contributed by atoms with Crippen LogP contribution in [0.5, 0.6) is 11.6 Å². The third kappa shape index (κ3) is 3.06. The molecule has 3 aromatic rings. The first-order chi connectivity index (χ1) is 11.7. The van der Waals surface area contributed by atoms with Crippen LogP contribution in [0.4, 0.5) is 0 Å². The molecule has 2 atom stereocenters. The van der Waals surface area contributed by atoms with Crippen LogP contribution in [0.3, 0.4) is 0 Å². The predicted molar refractivity (Wildman–Crippen MR) is 94.4 cm³/mol. The van der Waals surface area contributed by atoms with E-state index >= 15 is 0 Å². The number of pyridine rings is 3. The Kier molecular flexibility index (Phi) is 4.06. The van der Waals surface area contributed by atoms with Gasteiger partial charge in [-0.3, -0.25) is 9.97 Å². The molecule has 0 saturated heterocycles. The molecular formula is C18H16BrN3O2. The fourth-order valence-corrected chi connectivity index (χ4v) is 3.19. The van der Waals surface area contributed by atoms with Gasteiger partial charge in [-0.05, 0) is 52.7 Å². The van der Waals surface area contributed by atoms with Gasteiger partial charge in [0, 0.05) is 23.7 Å². The molecule has 3 aromatic heterocycles. The van der Waals surface area contributed by atoms with Gasteiger partial charge in [-0.15, -0.1) is 0 Å². The van der Waals surface area contributed by atoms with Crippen molar-refractivity contribution >= 4 is 27.0 Å². The highest BCUT2D eigenvalue weighted by atomic mass is 79.9. The van der Waals surface area contributed by atoms with E-state index in [0.717, 1.165) is 33.4 Å². The summed E-state index contributed by atoms with van der Waals surface area (Å²) in [5.41, 5.74) is 2.78. The van der Waals surface area contributed by atoms with E-state index in [1.807, 2.05) is 30.3 Å².